The molecular formula is C15H15N3O3. The van der Waals surface area contributed by atoms with Gasteiger partial charge >= 0.3 is 5.97 Å². The number of carbonyl (C=O) groups excluding carboxylic acids is 1. The lowest BCUT2D eigenvalue weighted by molar-refractivity contribution is 0.0520. The Morgan fingerprint density at radius 2 is 2.05 bits per heavy atom. The van der Waals surface area contributed by atoms with Gasteiger partial charge in [-0.3, -0.25) is 13.8 Å². The molecule has 0 aliphatic heterocycles. The standard InChI is InChI=1S/C15H15N3O3/c1-3-17-13(19)10-7-5-6-8-12(10)18-9-11(16-15(17)18)14(20)21-4-2/h5-9H,3-4H2,1-2H3. The van der Waals surface area contributed by atoms with Gasteiger partial charge in [0, 0.05) is 12.7 Å². The van der Waals surface area contributed by atoms with Crippen molar-refractivity contribution in [2.75, 3.05) is 6.61 Å². The van der Waals surface area contributed by atoms with Gasteiger partial charge in [0.1, 0.15) is 0 Å². The van der Waals surface area contributed by atoms with Gasteiger partial charge in [-0.25, -0.2) is 9.78 Å². The van der Waals surface area contributed by atoms with E-state index in [9.17, 15) is 9.59 Å². The van der Waals surface area contributed by atoms with Crippen LogP contribution in [0.3, 0.4) is 0 Å². The summed E-state index contributed by atoms with van der Waals surface area (Å²) in [7, 11) is 0. The minimum Gasteiger partial charge on any atom is -0.461 e. The molecule has 0 bridgehead atoms. The van der Waals surface area contributed by atoms with Crippen LogP contribution < -0.4 is 5.56 Å². The topological polar surface area (TPSA) is 65.6 Å². The Morgan fingerprint density at radius 1 is 1.29 bits per heavy atom. The second kappa shape index (κ2) is 5.05. The number of hydrogen-bond donors (Lipinski definition) is 0. The molecule has 108 valence electrons. The quantitative estimate of drug-likeness (QED) is 0.689. The number of carbonyl (C=O) groups is 1. The fourth-order valence-corrected chi connectivity index (χ4v) is 2.43. The van der Waals surface area contributed by atoms with Gasteiger partial charge in [-0.2, -0.15) is 0 Å². The highest BCUT2D eigenvalue weighted by Gasteiger charge is 2.16. The molecule has 0 radical (unpaired) electrons. The molecule has 2 heterocycles. The van der Waals surface area contributed by atoms with Gasteiger partial charge in [-0.1, -0.05) is 12.1 Å². The van der Waals surface area contributed by atoms with Gasteiger partial charge in [0.15, 0.2) is 5.69 Å². The van der Waals surface area contributed by atoms with Crippen LogP contribution in [0.25, 0.3) is 16.7 Å². The summed E-state index contributed by atoms with van der Waals surface area (Å²) >= 11 is 0. The molecule has 0 saturated heterocycles. The van der Waals surface area contributed by atoms with E-state index in [4.69, 9.17) is 4.74 Å². The predicted molar refractivity (Wildman–Crippen MR) is 78.6 cm³/mol. The van der Waals surface area contributed by atoms with Crippen LogP contribution in [0.4, 0.5) is 0 Å². The van der Waals surface area contributed by atoms with E-state index >= 15 is 0 Å². The smallest absolute Gasteiger partial charge is 0.358 e. The Labute approximate surface area is 120 Å². The molecule has 3 rings (SSSR count). The Kier molecular flexibility index (Phi) is 3.21. The molecule has 0 unspecified atom stereocenters. The third-order valence-corrected chi connectivity index (χ3v) is 3.37. The van der Waals surface area contributed by atoms with Gasteiger partial charge in [0.05, 0.1) is 17.5 Å². The van der Waals surface area contributed by atoms with Crippen LogP contribution >= 0.6 is 0 Å². The van der Waals surface area contributed by atoms with Crippen LogP contribution in [-0.4, -0.2) is 26.5 Å². The van der Waals surface area contributed by atoms with Crippen molar-refractivity contribution in [2.45, 2.75) is 20.4 Å². The van der Waals surface area contributed by atoms with Crippen molar-refractivity contribution in [1.82, 2.24) is 14.0 Å². The fourth-order valence-electron chi connectivity index (χ4n) is 2.43. The summed E-state index contributed by atoms with van der Waals surface area (Å²) in [6.07, 6.45) is 1.61. The molecule has 21 heavy (non-hydrogen) atoms. The highest BCUT2D eigenvalue weighted by atomic mass is 16.5. The number of fused-ring (bicyclic) bond motifs is 3. The predicted octanol–water partition coefficient (Wildman–Crippen LogP) is 1.85. The number of aryl methyl sites for hydroxylation is 1. The van der Waals surface area contributed by atoms with E-state index in [1.165, 1.54) is 0 Å². The van der Waals surface area contributed by atoms with Gasteiger partial charge in [-0.05, 0) is 26.0 Å². The average Bonchev–Trinajstić information content (AvgIpc) is 2.93. The molecule has 0 aliphatic rings. The summed E-state index contributed by atoms with van der Waals surface area (Å²) in [5, 5.41) is 0.597. The van der Waals surface area contributed by atoms with Crippen molar-refractivity contribution in [3.05, 3.63) is 46.5 Å². The fraction of sp³-hybridized carbons (Fsp3) is 0.267. The van der Waals surface area contributed by atoms with E-state index in [0.29, 0.717) is 17.7 Å². The number of benzene rings is 1. The van der Waals surface area contributed by atoms with E-state index in [1.807, 2.05) is 25.1 Å². The second-order valence-electron chi connectivity index (χ2n) is 4.58. The summed E-state index contributed by atoms with van der Waals surface area (Å²) in [6.45, 7) is 4.38. The van der Waals surface area contributed by atoms with Crippen molar-refractivity contribution < 1.29 is 9.53 Å². The van der Waals surface area contributed by atoms with Crippen molar-refractivity contribution in [3.8, 4) is 0 Å². The maximum Gasteiger partial charge on any atom is 0.358 e. The summed E-state index contributed by atoms with van der Waals surface area (Å²) in [5.41, 5.74) is 0.821. The van der Waals surface area contributed by atoms with Crippen LogP contribution in [0.2, 0.25) is 0 Å². The van der Waals surface area contributed by atoms with E-state index in [0.717, 1.165) is 5.52 Å². The first-order chi connectivity index (χ1) is 10.2. The third-order valence-electron chi connectivity index (χ3n) is 3.37. The molecular weight excluding hydrogens is 270 g/mol. The van der Waals surface area contributed by atoms with Crippen LogP contribution in [-0.2, 0) is 11.3 Å². The molecule has 2 aromatic heterocycles. The first kappa shape index (κ1) is 13.4. The Morgan fingerprint density at radius 3 is 2.76 bits per heavy atom. The molecule has 0 fully saturated rings. The van der Waals surface area contributed by atoms with E-state index in [1.54, 1.807) is 28.2 Å². The maximum absolute atomic E-state index is 12.5. The lowest BCUT2D eigenvalue weighted by Crippen LogP contribution is -2.22. The SMILES string of the molecule is CCOC(=O)c1cn2c3ccccc3c(=O)n(CC)c2n1. The number of imidazole rings is 1. The average molecular weight is 285 g/mol. The summed E-state index contributed by atoms with van der Waals surface area (Å²) in [4.78, 5) is 28.6. The first-order valence-corrected chi connectivity index (χ1v) is 6.85. The van der Waals surface area contributed by atoms with Crippen LogP contribution in [0, 0.1) is 0 Å². The number of hydrogen-bond acceptors (Lipinski definition) is 4. The summed E-state index contributed by atoms with van der Waals surface area (Å²) < 4.78 is 8.27. The normalized spacial score (nSPS) is 11.1. The van der Waals surface area contributed by atoms with E-state index < -0.39 is 5.97 Å². The lowest BCUT2D eigenvalue weighted by Gasteiger charge is -2.07. The zero-order valence-electron chi connectivity index (χ0n) is 11.9. The largest absolute Gasteiger partial charge is 0.461 e. The van der Waals surface area contributed by atoms with Crippen LogP contribution in [0.1, 0.15) is 24.3 Å². The number of para-hydroxylation sites is 1. The molecule has 6 nitrogen and oxygen atoms in total. The molecule has 0 aliphatic carbocycles. The summed E-state index contributed by atoms with van der Waals surface area (Å²) in [5.74, 6) is -0.0374. The third kappa shape index (κ3) is 1.99. The molecule has 0 amide bonds. The molecule has 0 atom stereocenters. The zero-order chi connectivity index (χ0) is 15.0. The van der Waals surface area contributed by atoms with E-state index in [2.05, 4.69) is 4.98 Å². The maximum atomic E-state index is 12.5. The molecule has 0 N–H and O–H groups in total. The van der Waals surface area contributed by atoms with Crippen LogP contribution in [0.15, 0.2) is 35.3 Å². The number of aromatic nitrogens is 3. The monoisotopic (exact) mass is 285 g/mol. The number of esters is 1. The highest BCUT2D eigenvalue weighted by Crippen LogP contribution is 2.14. The lowest BCUT2D eigenvalue weighted by atomic mass is 10.2. The summed E-state index contributed by atoms with van der Waals surface area (Å²) in [6, 6.07) is 7.27. The number of nitrogens with zero attached hydrogens (tertiary/aromatic N) is 3. The molecule has 1 aromatic carbocycles. The second-order valence-corrected chi connectivity index (χ2v) is 4.58. The van der Waals surface area contributed by atoms with Crippen LogP contribution in [0.5, 0.6) is 0 Å². The molecule has 0 spiro atoms. The van der Waals surface area contributed by atoms with Crippen molar-refractivity contribution in [3.63, 3.8) is 0 Å². The van der Waals surface area contributed by atoms with E-state index in [-0.39, 0.29) is 17.9 Å². The van der Waals surface area contributed by atoms with Crippen molar-refractivity contribution in [2.24, 2.45) is 0 Å². The Hall–Kier alpha value is -2.63. The molecule has 0 saturated carbocycles. The van der Waals surface area contributed by atoms with Crippen molar-refractivity contribution in [1.29, 1.82) is 0 Å². The number of rotatable bonds is 3. The van der Waals surface area contributed by atoms with Gasteiger partial charge in [0.25, 0.3) is 5.56 Å². The van der Waals surface area contributed by atoms with Gasteiger partial charge in [0.2, 0.25) is 5.78 Å². The Bertz CT molecular complexity index is 892. The first-order valence-electron chi connectivity index (χ1n) is 6.85. The van der Waals surface area contributed by atoms with Crippen molar-refractivity contribution >= 4 is 22.6 Å². The van der Waals surface area contributed by atoms with Gasteiger partial charge in [-0.15, -0.1) is 0 Å². The zero-order valence-corrected chi connectivity index (χ0v) is 11.9. The molecule has 3 aromatic rings. The molecule has 6 heteroatoms. The van der Waals surface area contributed by atoms with Gasteiger partial charge < -0.3 is 4.74 Å². The Balaban J connectivity index is 2.40. The highest BCUT2D eigenvalue weighted by molar-refractivity contribution is 5.89. The number of ether oxygens (including phenoxy) is 1. The minimum absolute atomic E-state index is 0.110. The minimum atomic E-state index is -0.486.